The molecule has 5 nitrogen and oxygen atoms in total. The summed E-state index contributed by atoms with van der Waals surface area (Å²) >= 11 is 0. The van der Waals surface area contributed by atoms with Crippen LogP contribution in [-0.2, 0) is 14.3 Å². The van der Waals surface area contributed by atoms with E-state index in [1.165, 1.54) is 44.9 Å². The van der Waals surface area contributed by atoms with Crippen LogP contribution in [0.15, 0.2) is 24.3 Å². The number of quaternary nitrogens is 1. The van der Waals surface area contributed by atoms with E-state index < -0.39 is 12.1 Å². The fourth-order valence-electron chi connectivity index (χ4n) is 3.44. The summed E-state index contributed by atoms with van der Waals surface area (Å²) in [6.07, 6.45) is 22.4. The highest BCUT2D eigenvalue weighted by Gasteiger charge is 2.22. The van der Waals surface area contributed by atoms with Gasteiger partial charge in [-0.3, -0.25) is 4.79 Å². The second kappa shape index (κ2) is 19.1. The molecule has 0 bridgehead atoms. The molecule has 31 heavy (non-hydrogen) atoms. The van der Waals surface area contributed by atoms with E-state index in [-0.39, 0.29) is 12.4 Å². The van der Waals surface area contributed by atoms with Crippen molar-refractivity contribution in [3.63, 3.8) is 0 Å². The van der Waals surface area contributed by atoms with Crippen molar-refractivity contribution in [3.05, 3.63) is 24.3 Å². The Balaban J connectivity index is 3.67. The Labute approximate surface area is 191 Å². The number of hydrogen-bond donors (Lipinski definition) is 0. The summed E-state index contributed by atoms with van der Waals surface area (Å²) in [5.74, 6) is -1.48. The van der Waals surface area contributed by atoms with Gasteiger partial charge in [-0.2, -0.15) is 0 Å². The number of hydrogen-bond acceptors (Lipinski definition) is 4. The van der Waals surface area contributed by atoms with E-state index in [9.17, 15) is 14.7 Å². The number of nitrogens with zero attached hydrogens (tertiary/aromatic N) is 1. The van der Waals surface area contributed by atoms with E-state index in [0.29, 0.717) is 17.4 Å². The van der Waals surface area contributed by atoms with Gasteiger partial charge >= 0.3 is 5.97 Å². The number of carboxylic acid groups (broad SMARTS) is 1. The second-order valence-electron chi connectivity index (χ2n) is 9.50. The maximum absolute atomic E-state index is 12.0. The number of aliphatic carboxylic acids is 1. The van der Waals surface area contributed by atoms with Gasteiger partial charge in [0, 0.05) is 18.8 Å². The summed E-state index contributed by atoms with van der Waals surface area (Å²) in [5.41, 5.74) is 0. The number of carbonyl (C=O) groups excluding carboxylic acids is 2. The van der Waals surface area contributed by atoms with E-state index in [4.69, 9.17) is 4.74 Å². The largest absolute Gasteiger partial charge is 0.550 e. The topological polar surface area (TPSA) is 66.4 Å². The quantitative estimate of drug-likeness (QED) is 0.117. The number of rotatable bonds is 20. The summed E-state index contributed by atoms with van der Waals surface area (Å²) in [6, 6.07) is 0. The third-order valence-electron chi connectivity index (χ3n) is 5.03. The van der Waals surface area contributed by atoms with Crippen LogP contribution in [-0.4, -0.2) is 50.2 Å². The third kappa shape index (κ3) is 22.9. The zero-order valence-corrected chi connectivity index (χ0v) is 20.6. The van der Waals surface area contributed by atoms with Crippen LogP contribution in [0.2, 0.25) is 0 Å². The van der Waals surface area contributed by atoms with Gasteiger partial charge in [-0.1, -0.05) is 69.8 Å². The average Bonchev–Trinajstić information content (AvgIpc) is 2.65. The average molecular weight is 438 g/mol. The molecular weight excluding hydrogens is 390 g/mol. The lowest BCUT2D eigenvalue weighted by Crippen LogP contribution is -2.45. The molecule has 0 aromatic carbocycles. The van der Waals surface area contributed by atoms with Gasteiger partial charge in [0.2, 0.25) is 0 Å². The highest BCUT2D eigenvalue weighted by atomic mass is 16.5. The Morgan fingerprint density at radius 2 is 1.39 bits per heavy atom. The molecule has 5 heteroatoms. The first kappa shape index (κ1) is 29.4. The van der Waals surface area contributed by atoms with Gasteiger partial charge in [0.15, 0.2) is 6.10 Å². The lowest BCUT2D eigenvalue weighted by molar-refractivity contribution is -0.873. The van der Waals surface area contributed by atoms with Crippen LogP contribution in [0.1, 0.15) is 96.8 Å². The number of allylic oxidation sites excluding steroid dienone is 4. The summed E-state index contributed by atoms with van der Waals surface area (Å²) in [4.78, 5) is 22.9. The molecule has 180 valence electrons. The Bertz CT molecular complexity index is 520. The molecule has 0 fully saturated rings. The lowest BCUT2D eigenvalue weighted by atomic mass is 10.1. The molecule has 1 atom stereocenters. The molecule has 0 spiro atoms. The first-order valence-electron chi connectivity index (χ1n) is 12.2. The highest BCUT2D eigenvalue weighted by Crippen LogP contribution is 2.11. The number of carboxylic acids is 1. The molecule has 0 aliphatic heterocycles. The molecule has 0 aliphatic carbocycles. The number of esters is 1. The molecule has 0 saturated heterocycles. The van der Waals surface area contributed by atoms with Crippen LogP contribution in [0.5, 0.6) is 0 Å². The van der Waals surface area contributed by atoms with Gasteiger partial charge in [-0.05, 0) is 38.5 Å². The van der Waals surface area contributed by atoms with E-state index in [2.05, 4.69) is 31.2 Å². The molecule has 1 unspecified atom stereocenters. The molecule has 0 rings (SSSR count). The molecule has 0 amide bonds. The second-order valence-corrected chi connectivity index (χ2v) is 9.50. The third-order valence-corrected chi connectivity index (χ3v) is 5.03. The van der Waals surface area contributed by atoms with Crippen LogP contribution in [0.25, 0.3) is 0 Å². The molecule has 0 N–H and O–H groups in total. The zero-order chi connectivity index (χ0) is 23.4. The van der Waals surface area contributed by atoms with Crippen molar-refractivity contribution >= 4 is 11.9 Å². The van der Waals surface area contributed by atoms with Crippen LogP contribution in [0.4, 0.5) is 0 Å². The minimum atomic E-state index is -1.18. The Morgan fingerprint density at radius 1 is 0.839 bits per heavy atom. The van der Waals surface area contributed by atoms with Crippen molar-refractivity contribution in [1.82, 2.24) is 0 Å². The van der Waals surface area contributed by atoms with Crippen molar-refractivity contribution in [2.24, 2.45) is 0 Å². The zero-order valence-electron chi connectivity index (χ0n) is 20.6. The van der Waals surface area contributed by atoms with Gasteiger partial charge in [0.05, 0.1) is 21.1 Å². The summed E-state index contributed by atoms with van der Waals surface area (Å²) in [7, 11) is 5.83. The summed E-state index contributed by atoms with van der Waals surface area (Å²) in [5, 5.41) is 10.9. The Kier molecular flexibility index (Phi) is 18.1. The first-order chi connectivity index (χ1) is 14.7. The molecule has 0 saturated carbocycles. The highest BCUT2D eigenvalue weighted by molar-refractivity contribution is 5.70. The van der Waals surface area contributed by atoms with E-state index in [0.717, 1.165) is 32.1 Å². The van der Waals surface area contributed by atoms with E-state index in [1.54, 1.807) is 0 Å². The van der Waals surface area contributed by atoms with Crippen molar-refractivity contribution < 1.29 is 23.9 Å². The van der Waals surface area contributed by atoms with E-state index >= 15 is 0 Å². The van der Waals surface area contributed by atoms with Crippen molar-refractivity contribution in [2.45, 2.75) is 103 Å². The summed E-state index contributed by atoms with van der Waals surface area (Å²) in [6.45, 7) is 2.69. The van der Waals surface area contributed by atoms with Crippen molar-refractivity contribution in [3.8, 4) is 0 Å². The van der Waals surface area contributed by atoms with Crippen LogP contribution in [0.3, 0.4) is 0 Å². The molecular formula is C26H47NO4. The van der Waals surface area contributed by atoms with Crippen molar-refractivity contribution in [2.75, 3.05) is 27.7 Å². The SMILES string of the molecule is CCCCC/C=C/C/C=C/CCCCCCCCC(=O)OC(CC(=O)[O-])C[N+](C)(C)C. The van der Waals surface area contributed by atoms with Crippen molar-refractivity contribution in [1.29, 1.82) is 0 Å². The standard InChI is InChI=1S/C26H47NO4/c1-5-6-7-8-9-10-11-12-13-14-15-16-17-18-19-20-21-26(30)31-24(22-25(28)29)23-27(2,3)4/h9-10,12-13,24H,5-8,11,14-23H2,1-4H3/b10-9+,13-12+. The number of carbonyl (C=O) groups is 2. The number of unbranched alkanes of at least 4 members (excludes halogenated alkanes) is 9. The van der Waals surface area contributed by atoms with Crippen LogP contribution < -0.4 is 5.11 Å². The van der Waals surface area contributed by atoms with Gasteiger partial charge < -0.3 is 19.1 Å². The minimum Gasteiger partial charge on any atom is -0.550 e. The molecule has 0 aliphatic rings. The molecule has 0 aromatic heterocycles. The maximum Gasteiger partial charge on any atom is 0.306 e. The van der Waals surface area contributed by atoms with Gasteiger partial charge in [0.25, 0.3) is 0 Å². The lowest BCUT2D eigenvalue weighted by Gasteiger charge is -2.29. The van der Waals surface area contributed by atoms with E-state index in [1.807, 2.05) is 21.1 Å². The Morgan fingerprint density at radius 3 is 1.94 bits per heavy atom. The van der Waals surface area contributed by atoms with Gasteiger partial charge in [0.1, 0.15) is 6.54 Å². The first-order valence-corrected chi connectivity index (χ1v) is 12.2. The van der Waals surface area contributed by atoms with Gasteiger partial charge in [-0.25, -0.2) is 0 Å². The number of likely N-dealkylation sites (N-methyl/N-ethyl adjacent to an activating group) is 1. The predicted molar refractivity (Wildman–Crippen MR) is 126 cm³/mol. The fourth-order valence-corrected chi connectivity index (χ4v) is 3.44. The predicted octanol–water partition coefficient (Wildman–Crippen LogP) is 4.95. The maximum atomic E-state index is 12.0. The molecule has 0 radical (unpaired) electrons. The van der Waals surface area contributed by atoms with Crippen LogP contribution in [0, 0.1) is 0 Å². The molecule has 0 heterocycles. The fraction of sp³-hybridized carbons (Fsp3) is 0.769. The van der Waals surface area contributed by atoms with Crippen LogP contribution >= 0.6 is 0 Å². The minimum absolute atomic E-state index is 0.245. The number of ether oxygens (including phenoxy) is 1. The molecule has 0 aromatic rings. The normalized spacial score (nSPS) is 13.2. The monoisotopic (exact) mass is 437 g/mol. The summed E-state index contributed by atoms with van der Waals surface area (Å²) < 4.78 is 5.91. The Hall–Kier alpha value is -1.62. The smallest absolute Gasteiger partial charge is 0.306 e. The van der Waals surface area contributed by atoms with Gasteiger partial charge in [-0.15, -0.1) is 0 Å².